The lowest BCUT2D eigenvalue weighted by atomic mass is 9.70. The first kappa shape index (κ1) is 9.56. The summed E-state index contributed by atoms with van der Waals surface area (Å²) in [5.41, 5.74) is 0.429. The van der Waals surface area contributed by atoms with Gasteiger partial charge in [-0.1, -0.05) is 6.42 Å². The summed E-state index contributed by atoms with van der Waals surface area (Å²) < 4.78 is 0. The van der Waals surface area contributed by atoms with E-state index < -0.39 is 0 Å². The Morgan fingerprint density at radius 2 is 1.93 bits per heavy atom. The minimum Gasteiger partial charge on any atom is -0.299 e. The molecule has 0 aromatic heterocycles. The summed E-state index contributed by atoms with van der Waals surface area (Å²) >= 11 is 0. The molecule has 0 aliphatic heterocycles. The third-order valence-corrected chi connectivity index (χ3v) is 4.74. The van der Waals surface area contributed by atoms with Crippen LogP contribution in [0.3, 0.4) is 0 Å². The van der Waals surface area contributed by atoms with Crippen LogP contribution < -0.4 is 0 Å². The second kappa shape index (κ2) is 3.16. The van der Waals surface area contributed by atoms with Crippen molar-refractivity contribution in [3.05, 3.63) is 0 Å². The molecule has 3 saturated carbocycles. The van der Waals surface area contributed by atoms with Gasteiger partial charge in [-0.25, -0.2) is 0 Å². The Balaban J connectivity index is 1.71. The molecule has 3 rings (SSSR count). The largest absolute Gasteiger partial charge is 0.299 e. The van der Waals surface area contributed by atoms with Gasteiger partial charge in [0.1, 0.15) is 11.6 Å². The average molecular weight is 206 g/mol. The molecule has 0 N–H and O–H groups in total. The zero-order chi connectivity index (χ0) is 10.5. The van der Waals surface area contributed by atoms with E-state index in [0.717, 1.165) is 25.7 Å². The minimum atomic E-state index is -0.202. The number of rotatable bonds is 2. The van der Waals surface area contributed by atoms with Gasteiger partial charge in [-0.05, 0) is 43.9 Å². The summed E-state index contributed by atoms with van der Waals surface area (Å²) in [4.78, 5) is 23.9. The summed E-state index contributed by atoms with van der Waals surface area (Å²) in [6, 6.07) is 0. The van der Waals surface area contributed by atoms with Gasteiger partial charge in [0.05, 0.1) is 5.92 Å². The van der Waals surface area contributed by atoms with Crippen molar-refractivity contribution in [3.63, 3.8) is 0 Å². The quantitative estimate of drug-likeness (QED) is 0.650. The van der Waals surface area contributed by atoms with Gasteiger partial charge >= 0.3 is 0 Å². The van der Waals surface area contributed by atoms with E-state index in [1.807, 2.05) is 0 Å². The predicted molar refractivity (Wildman–Crippen MR) is 56.4 cm³/mol. The molecule has 0 heterocycles. The third-order valence-electron chi connectivity index (χ3n) is 4.74. The van der Waals surface area contributed by atoms with Gasteiger partial charge in [0.15, 0.2) is 0 Å². The minimum absolute atomic E-state index is 0.202. The first-order valence-corrected chi connectivity index (χ1v) is 6.27. The molecule has 3 aliphatic rings. The molecule has 2 nitrogen and oxygen atoms in total. The molecule has 1 atom stereocenters. The van der Waals surface area contributed by atoms with Gasteiger partial charge in [0, 0.05) is 12.3 Å². The Morgan fingerprint density at radius 3 is 2.47 bits per heavy atom. The molecule has 0 aromatic carbocycles. The Bertz CT molecular complexity index is 310. The van der Waals surface area contributed by atoms with E-state index in [0.29, 0.717) is 11.8 Å². The maximum Gasteiger partial charge on any atom is 0.146 e. The molecule has 1 spiro atoms. The number of Topliss-reactive ketones (excluding diaryl/α,β-unsaturated/α-hetero) is 2. The van der Waals surface area contributed by atoms with Gasteiger partial charge in [0.25, 0.3) is 0 Å². The Kier molecular flexibility index (Phi) is 2.02. The fourth-order valence-electron chi connectivity index (χ4n) is 3.08. The molecule has 0 aromatic rings. The topological polar surface area (TPSA) is 34.1 Å². The standard InChI is InChI=1S/C13H18O2/c14-11-4-5-13(6-7-13)8-10(11)12(15)9-2-1-3-9/h9-10H,1-8H2. The molecule has 3 aliphatic carbocycles. The third kappa shape index (κ3) is 1.54. The fourth-order valence-corrected chi connectivity index (χ4v) is 3.08. The zero-order valence-electron chi connectivity index (χ0n) is 9.13. The van der Waals surface area contributed by atoms with Crippen LogP contribution >= 0.6 is 0 Å². The molecular weight excluding hydrogens is 188 g/mol. The first-order chi connectivity index (χ1) is 7.20. The lowest BCUT2D eigenvalue weighted by Gasteiger charge is -2.32. The van der Waals surface area contributed by atoms with Crippen LogP contribution in [-0.2, 0) is 9.59 Å². The fraction of sp³-hybridized carbons (Fsp3) is 0.846. The molecule has 2 heteroatoms. The highest BCUT2D eigenvalue weighted by Gasteiger charge is 2.51. The van der Waals surface area contributed by atoms with Gasteiger partial charge in [-0.2, -0.15) is 0 Å². The smallest absolute Gasteiger partial charge is 0.146 e. The van der Waals surface area contributed by atoms with Crippen molar-refractivity contribution in [2.24, 2.45) is 17.3 Å². The summed E-state index contributed by atoms with van der Waals surface area (Å²) in [6.45, 7) is 0. The number of carbonyl (C=O) groups excluding carboxylic acids is 2. The summed E-state index contributed by atoms with van der Waals surface area (Å²) in [7, 11) is 0. The van der Waals surface area contributed by atoms with Gasteiger partial charge in [-0.3, -0.25) is 9.59 Å². The van der Waals surface area contributed by atoms with Crippen LogP contribution in [0, 0.1) is 17.3 Å². The lowest BCUT2D eigenvalue weighted by molar-refractivity contribution is -0.139. The summed E-state index contributed by atoms with van der Waals surface area (Å²) in [6.07, 6.45) is 8.39. The van der Waals surface area contributed by atoms with Crippen molar-refractivity contribution < 1.29 is 9.59 Å². The second-order valence-electron chi connectivity index (χ2n) is 5.75. The molecule has 0 bridgehead atoms. The normalized spacial score (nSPS) is 33.9. The second-order valence-corrected chi connectivity index (χ2v) is 5.75. The molecular formula is C13H18O2. The Labute approximate surface area is 90.4 Å². The van der Waals surface area contributed by atoms with Gasteiger partial charge in [0.2, 0.25) is 0 Å². The van der Waals surface area contributed by atoms with Crippen molar-refractivity contribution >= 4 is 11.6 Å². The van der Waals surface area contributed by atoms with Crippen LogP contribution in [0.4, 0.5) is 0 Å². The monoisotopic (exact) mass is 206 g/mol. The SMILES string of the molecule is O=C1CCC2(CC2)CC1C(=O)C1CCC1. The van der Waals surface area contributed by atoms with E-state index >= 15 is 0 Å². The number of ketones is 2. The van der Waals surface area contributed by atoms with Gasteiger partial charge in [-0.15, -0.1) is 0 Å². The van der Waals surface area contributed by atoms with Crippen molar-refractivity contribution in [1.82, 2.24) is 0 Å². The number of carbonyl (C=O) groups is 2. The van der Waals surface area contributed by atoms with Crippen LogP contribution in [0.15, 0.2) is 0 Å². The van der Waals surface area contributed by atoms with E-state index in [2.05, 4.69) is 0 Å². The van der Waals surface area contributed by atoms with E-state index in [9.17, 15) is 9.59 Å². The van der Waals surface area contributed by atoms with Crippen molar-refractivity contribution in [1.29, 1.82) is 0 Å². The van der Waals surface area contributed by atoms with E-state index in [1.54, 1.807) is 0 Å². The maximum absolute atomic E-state index is 12.1. The Hall–Kier alpha value is -0.660. The predicted octanol–water partition coefficient (Wildman–Crippen LogP) is 2.51. The highest BCUT2D eigenvalue weighted by Crippen LogP contribution is 2.57. The van der Waals surface area contributed by atoms with Crippen LogP contribution in [0.2, 0.25) is 0 Å². The maximum atomic E-state index is 12.1. The van der Waals surface area contributed by atoms with E-state index in [4.69, 9.17) is 0 Å². The van der Waals surface area contributed by atoms with Crippen LogP contribution in [0.25, 0.3) is 0 Å². The molecule has 0 saturated heterocycles. The molecule has 0 radical (unpaired) electrons. The highest BCUT2D eigenvalue weighted by atomic mass is 16.2. The highest BCUT2D eigenvalue weighted by molar-refractivity contribution is 6.04. The molecule has 15 heavy (non-hydrogen) atoms. The molecule has 0 amide bonds. The van der Waals surface area contributed by atoms with Crippen molar-refractivity contribution in [2.75, 3.05) is 0 Å². The van der Waals surface area contributed by atoms with E-state index in [1.165, 1.54) is 19.3 Å². The average Bonchev–Trinajstić information content (AvgIpc) is 2.87. The van der Waals surface area contributed by atoms with Crippen LogP contribution in [0.1, 0.15) is 51.4 Å². The summed E-state index contributed by atoms with van der Waals surface area (Å²) in [5, 5.41) is 0. The zero-order valence-corrected chi connectivity index (χ0v) is 9.13. The van der Waals surface area contributed by atoms with Crippen molar-refractivity contribution in [3.8, 4) is 0 Å². The van der Waals surface area contributed by atoms with Gasteiger partial charge < -0.3 is 0 Å². The van der Waals surface area contributed by atoms with Crippen LogP contribution in [0.5, 0.6) is 0 Å². The molecule has 3 fully saturated rings. The van der Waals surface area contributed by atoms with E-state index in [-0.39, 0.29) is 23.4 Å². The van der Waals surface area contributed by atoms with Crippen molar-refractivity contribution in [2.45, 2.75) is 51.4 Å². The molecule has 82 valence electrons. The molecule has 1 unspecified atom stereocenters. The number of hydrogen-bond acceptors (Lipinski definition) is 2. The summed E-state index contributed by atoms with van der Waals surface area (Å²) in [5.74, 6) is 0.570. The Morgan fingerprint density at radius 1 is 1.20 bits per heavy atom. The first-order valence-electron chi connectivity index (χ1n) is 6.27. The lowest BCUT2D eigenvalue weighted by Crippen LogP contribution is -2.37. The number of hydrogen-bond donors (Lipinski definition) is 0. The van der Waals surface area contributed by atoms with Crippen LogP contribution in [-0.4, -0.2) is 11.6 Å².